The second-order valence-corrected chi connectivity index (χ2v) is 31.3. The number of amides is 14. The van der Waals surface area contributed by atoms with Crippen molar-refractivity contribution in [3.63, 3.8) is 0 Å². The molecule has 0 saturated carbocycles. The van der Waals surface area contributed by atoms with E-state index in [0.717, 1.165) is 64.3 Å². The summed E-state index contributed by atoms with van der Waals surface area (Å²) < 4.78 is 40.2. The van der Waals surface area contributed by atoms with Gasteiger partial charge in [0.05, 0.1) is 72.1 Å². The highest BCUT2D eigenvalue weighted by Crippen LogP contribution is 2.25. The van der Waals surface area contributed by atoms with Crippen LogP contribution >= 0.6 is 0 Å². The van der Waals surface area contributed by atoms with Gasteiger partial charge >= 0.3 is 0 Å². The van der Waals surface area contributed by atoms with Crippen LogP contribution in [0.2, 0.25) is 0 Å². The monoisotopic (exact) mass is 1760 g/mol. The first-order valence-electron chi connectivity index (χ1n) is 42.8. The van der Waals surface area contributed by atoms with Crippen LogP contribution in [0.3, 0.4) is 0 Å². The number of methoxy groups -OCH3 is 1. The minimum Gasteiger partial charge on any atom is -0.394 e. The predicted molar refractivity (Wildman–Crippen MR) is 434 cm³/mol. The van der Waals surface area contributed by atoms with E-state index in [2.05, 4.69) is 69.1 Å². The van der Waals surface area contributed by atoms with E-state index in [1.165, 1.54) is 20.8 Å². The lowest BCUT2D eigenvalue weighted by Crippen LogP contribution is -2.68. The van der Waals surface area contributed by atoms with Crippen LogP contribution in [0.15, 0.2) is 0 Å². The van der Waals surface area contributed by atoms with Gasteiger partial charge in [0, 0.05) is 144 Å². The molecule has 16 atom stereocenters. The Morgan fingerprint density at radius 1 is 0.350 bits per heavy atom. The lowest BCUT2D eigenvalue weighted by molar-refractivity contribution is -0.203. The topological polar surface area (TPSA) is 645 Å². The molecule has 14 amide bonds. The first-order chi connectivity index (χ1) is 58.8. The highest BCUT2D eigenvalue weighted by Gasteiger charge is 2.48. The molecular weight excluding hydrogens is 1620 g/mol. The Balaban J connectivity index is 1.32. The van der Waals surface area contributed by atoms with Crippen molar-refractivity contribution in [2.24, 2.45) is 0 Å². The molecule has 4 rings (SSSR count). The van der Waals surface area contributed by atoms with Crippen molar-refractivity contribution in [1.82, 2.24) is 74.0 Å². The number of likely N-dealkylation sites (tertiary alicyclic amines) is 1. The Hall–Kier alpha value is -8.06. The molecule has 0 aromatic rings. The number of rotatable bonds is 62. The van der Waals surface area contributed by atoms with Gasteiger partial charge < -0.3 is 153 Å². The van der Waals surface area contributed by atoms with Crippen LogP contribution in [0.4, 0.5) is 0 Å². The van der Waals surface area contributed by atoms with Crippen LogP contribution in [0.25, 0.3) is 0 Å². The summed E-state index contributed by atoms with van der Waals surface area (Å²) in [6.45, 7) is 2.32. The van der Waals surface area contributed by atoms with E-state index < -0.39 is 170 Å². The van der Waals surface area contributed by atoms with Gasteiger partial charge in [0.15, 0.2) is 18.7 Å². The molecule has 4 saturated heterocycles. The van der Waals surface area contributed by atoms with Crippen LogP contribution in [0.1, 0.15) is 194 Å². The zero-order valence-corrected chi connectivity index (χ0v) is 71.4. The van der Waals surface area contributed by atoms with E-state index >= 15 is 0 Å². The Morgan fingerprint density at radius 3 is 0.935 bits per heavy atom. The molecule has 4 aliphatic heterocycles. The molecule has 0 aromatic heterocycles. The Kier molecular flexibility index (Phi) is 52.8. The van der Waals surface area contributed by atoms with Crippen LogP contribution in [0, 0.1) is 0 Å². The van der Waals surface area contributed by atoms with E-state index in [0.29, 0.717) is 38.7 Å². The summed E-state index contributed by atoms with van der Waals surface area (Å²) in [4.78, 5) is 180. The van der Waals surface area contributed by atoms with Crippen molar-refractivity contribution in [3.05, 3.63) is 0 Å². The molecule has 704 valence electrons. The quantitative estimate of drug-likeness (QED) is 0.0252. The molecule has 44 heteroatoms. The van der Waals surface area contributed by atoms with Crippen molar-refractivity contribution >= 4 is 82.7 Å². The Bertz CT molecular complexity index is 2980. The van der Waals surface area contributed by atoms with Gasteiger partial charge in [-0.15, -0.1) is 0 Å². The van der Waals surface area contributed by atoms with Gasteiger partial charge in [0.2, 0.25) is 82.7 Å². The fourth-order valence-corrected chi connectivity index (χ4v) is 14.2. The minimum atomic E-state index is -1.57. The van der Waals surface area contributed by atoms with E-state index in [1.807, 2.05) is 4.90 Å². The second kappa shape index (κ2) is 60.5. The summed E-state index contributed by atoms with van der Waals surface area (Å²) in [6.07, 6.45) is -7.71. The highest BCUT2D eigenvalue weighted by molar-refractivity contribution is 5.82. The normalized spacial score (nSPS) is 24.1. The van der Waals surface area contributed by atoms with Crippen LogP contribution in [-0.4, -0.2) is 356 Å². The zero-order valence-electron chi connectivity index (χ0n) is 71.4. The number of carbonyl (C=O) groups excluding carboxylic acids is 14. The number of nitrogens with one attached hydrogen (secondary N) is 13. The number of nitrogens with zero attached hydrogens (tertiary/aromatic N) is 1. The summed E-state index contributed by atoms with van der Waals surface area (Å²) in [6, 6.07) is -3.56. The van der Waals surface area contributed by atoms with E-state index in [9.17, 15) is 113 Å². The molecule has 0 aromatic carbocycles. The number of ether oxygens (including phenoxy) is 7. The molecule has 15 unspecified atom stereocenters. The summed E-state index contributed by atoms with van der Waals surface area (Å²) in [5.74, 6) is -6.14. The Morgan fingerprint density at radius 2 is 0.634 bits per heavy atom. The van der Waals surface area contributed by atoms with Crippen molar-refractivity contribution in [2.75, 3.05) is 119 Å². The lowest BCUT2D eigenvalue weighted by atomic mass is 9.96. The highest BCUT2D eigenvalue weighted by atomic mass is 16.6. The van der Waals surface area contributed by atoms with Gasteiger partial charge in [-0.05, 0) is 64.2 Å². The lowest BCUT2D eigenvalue weighted by Gasteiger charge is -2.42. The van der Waals surface area contributed by atoms with E-state index in [1.54, 1.807) is 7.11 Å². The SMILES string of the molecule is COC[C@@H]1CCCN1C(=O)CCCCCCCCCCC(=O)NC(COCCC(=O)NCCCNC(=O)CCCC(=O)NC1OC(CO)C(O)C(O)C1NC(C)=O)(COCCC(=O)NCCCNC(=O)CCCC(=O)NC1OC(CO)C(O)C(O)C1NC(C)=O)COCCC(=O)NCCCNC(=O)CCCC(=O)NC1OC(CO)C(O)C(O)C1NC(C)=O. The first kappa shape index (κ1) is 107. The molecule has 4 heterocycles. The maximum Gasteiger partial charge on any atom is 0.222 e. The smallest absolute Gasteiger partial charge is 0.222 e. The average Bonchev–Trinajstić information content (AvgIpc) is 1.35. The van der Waals surface area contributed by atoms with Gasteiger partial charge in [0.1, 0.15) is 78.6 Å². The summed E-state index contributed by atoms with van der Waals surface area (Å²) >= 11 is 0. The van der Waals surface area contributed by atoms with Gasteiger partial charge in [-0.1, -0.05) is 38.5 Å². The number of unbranched alkanes of at least 4 members (excludes halogenated alkanes) is 7. The third kappa shape index (κ3) is 42.7. The average molecular weight is 1760 g/mol. The zero-order chi connectivity index (χ0) is 90.7. The molecule has 4 aliphatic rings. The van der Waals surface area contributed by atoms with Crippen molar-refractivity contribution < 1.29 is 146 Å². The largest absolute Gasteiger partial charge is 0.394 e. The number of hydrogen-bond donors (Lipinski definition) is 22. The molecule has 0 bridgehead atoms. The maximum atomic E-state index is 14.1. The Labute approximate surface area is 716 Å². The molecule has 4 fully saturated rings. The van der Waals surface area contributed by atoms with Crippen LogP contribution in [-0.2, 0) is 100 Å². The molecule has 44 nitrogen and oxygen atoms in total. The third-order valence-electron chi connectivity index (χ3n) is 20.8. The summed E-state index contributed by atoms with van der Waals surface area (Å²) in [5, 5.41) is 125. The van der Waals surface area contributed by atoms with Crippen molar-refractivity contribution in [3.8, 4) is 0 Å². The van der Waals surface area contributed by atoms with Crippen molar-refractivity contribution in [1.29, 1.82) is 0 Å². The van der Waals surface area contributed by atoms with E-state index in [4.69, 9.17) is 33.2 Å². The molecule has 123 heavy (non-hydrogen) atoms. The van der Waals surface area contributed by atoms with E-state index in [-0.39, 0.29) is 198 Å². The van der Waals surface area contributed by atoms with Gasteiger partial charge in [0.25, 0.3) is 0 Å². The maximum absolute atomic E-state index is 14.1. The van der Waals surface area contributed by atoms with Gasteiger partial charge in [-0.25, -0.2) is 0 Å². The van der Waals surface area contributed by atoms with Crippen molar-refractivity contribution in [2.45, 2.75) is 297 Å². The van der Waals surface area contributed by atoms with Gasteiger partial charge in [-0.2, -0.15) is 0 Å². The number of carbonyl (C=O) groups is 14. The van der Waals surface area contributed by atoms with Gasteiger partial charge in [-0.3, -0.25) is 67.1 Å². The molecule has 0 radical (unpaired) electrons. The summed E-state index contributed by atoms with van der Waals surface area (Å²) in [7, 11) is 1.64. The fraction of sp³-hybridized carbons (Fsp3) is 0.823. The van der Waals surface area contributed by atoms with Crippen LogP contribution < -0.4 is 69.1 Å². The van der Waals surface area contributed by atoms with Crippen LogP contribution in [0.5, 0.6) is 0 Å². The number of aliphatic hydroxyl groups is 9. The molecule has 22 N–H and O–H groups in total. The predicted octanol–water partition coefficient (Wildman–Crippen LogP) is -6.84. The number of hydrogen-bond acceptors (Lipinski definition) is 30. The first-order valence-corrected chi connectivity index (χ1v) is 42.8. The fourth-order valence-electron chi connectivity index (χ4n) is 14.2. The second-order valence-electron chi connectivity index (χ2n) is 31.3. The summed E-state index contributed by atoms with van der Waals surface area (Å²) in [5.41, 5.74) is -1.47. The molecule has 0 aliphatic carbocycles. The standard InChI is InChI=1S/C79H138N14O30/c1-49(97)86-67-73(114)70(111)53(42-94)121-76(67)89-62(106)25-13-22-56(100)80-32-17-35-83-59(103)29-39-118-46-79(92-65(109)21-11-9-7-5-6-8-10-12-28-66(110)93-38-16-20-52(93)45-117-4,47-119-40-30-60(104)84-36-18-33-81-57(101)23-14-26-63(107)90-77-68(87-50(2)98)74(115)71(112)54(43-95)122-77)48-120-41-31-61(105)85-37-19-34-82-58(102)24-15-27-64(108)91-78-69(88-51(3)99)75(116)72(113)55(44-96)123-78/h52-55,67-78,94-96,111-116H,5-48H2,1-4H3,(H,80,100)(H,81,101)(H,82,102)(H,83,103)(H,84,104)(H,85,105)(H,86,97)(H,87,98)(H,88,99)(H,89,106)(H,90,107)(H,91,108)(H,92,109)/t52-,53?,54?,55?,67?,68?,69?,70?,71?,72?,73?,74?,75?,76?,77?,78?,79?/m0/s1. The molecular formula is C79H138N14O30. The number of aliphatic hydroxyl groups excluding tert-OH is 9. The molecule has 0 spiro atoms. The third-order valence-corrected chi connectivity index (χ3v) is 20.8. The minimum absolute atomic E-state index is 0.0590.